The van der Waals surface area contributed by atoms with E-state index in [-0.39, 0.29) is 0 Å². The second kappa shape index (κ2) is 11.2. The zero-order valence-electron chi connectivity index (χ0n) is 18.3. The van der Waals surface area contributed by atoms with Crippen molar-refractivity contribution in [3.05, 3.63) is 0 Å². The van der Waals surface area contributed by atoms with Crippen LogP contribution in [0.3, 0.4) is 0 Å². The molecule has 0 N–H and O–H groups in total. The molecule has 5 nitrogen and oxygen atoms in total. The van der Waals surface area contributed by atoms with E-state index in [4.69, 9.17) is 4.74 Å². The Bertz CT molecular complexity index is 971. The summed E-state index contributed by atoms with van der Waals surface area (Å²) < 4.78 is 249. The van der Waals surface area contributed by atoms with Crippen molar-refractivity contribution in [1.29, 1.82) is 0 Å². The van der Waals surface area contributed by atoms with E-state index in [0.29, 0.717) is 16.7 Å². The van der Waals surface area contributed by atoms with Crippen molar-refractivity contribution in [2.45, 2.75) is 53.9 Å². The minimum atomic E-state index is -8.92. The van der Waals surface area contributed by atoms with Gasteiger partial charge in [-0.15, -0.1) is 0 Å². The third kappa shape index (κ3) is 6.46. The predicted molar refractivity (Wildman–Crippen MR) is 93.8 cm³/mol. The molecule has 1 fully saturated rings. The van der Waals surface area contributed by atoms with E-state index < -0.39 is 57.1 Å². The van der Waals surface area contributed by atoms with Gasteiger partial charge in [0, 0.05) is 0 Å². The molecule has 0 aromatic carbocycles. The molecule has 1 aliphatic rings. The van der Waals surface area contributed by atoms with Gasteiger partial charge in [0.05, 0.1) is 13.2 Å². The van der Waals surface area contributed by atoms with Gasteiger partial charge in [-0.1, -0.05) is 0 Å². The molecule has 0 saturated carbocycles. The van der Waals surface area contributed by atoms with Crippen LogP contribution >= 0.6 is 0 Å². The molecule has 0 radical (unpaired) electrons. The van der Waals surface area contributed by atoms with E-state index in [1.807, 2.05) is 0 Å². The lowest BCUT2D eigenvalue weighted by atomic mass is 9.91. The van der Waals surface area contributed by atoms with Crippen LogP contribution in [0.1, 0.15) is 6.92 Å². The molecule has 0 aromatic rings. The summed E-state index contributed by atoms with van der Waals surface area (Å²) in [4.78, 5) is 10.7. The summed E-state index contributed by atoms with van der Waals surface area (Å²) in [5, 5.41) is -7.95. The van der Waals surface area contributed by atoms with Gasteiger partial charge >= 0.3 is 47.0 Å². The smallest absolute Gasteiger partial charge is 0.460 e. The van der Waals surface area contributed by atoms with Gasteiger partial charge in [0.15, 0.2) is 21.7 Å². The molecule has 24 heteroatoms. The Morgan fingerprint density at radius 3 is 1.26 bits per heavy atom. The summed E-state index contributed by atoms with van der Waals surface area (Å²) in [5.41, 5.74) is 0. The van der Waals surface area contributed by atoms with Crippen LogP contribution in [0.4, 0.5) is 74.6 Å². The van der Waals surface area contributed by atoms with Crippen LogP contribution in [0.2, 0.25) is 0 Å². The molecule has 0 bridgehead atoms. The average molecular weight is 660 g/mol. The van der Waals surface area contributed by atoms with E-state index in [1.54, 1.807) is 6.92 Å². The molecule has 39 heavy (non-hydrogen) atoms. The van der Waals surface area contributed by atoms with Crippen LogP contribution in [0.15, 0.2) is 0 Å². The Morgan fingerprint density at radius 1 is 0.667 bits per heavy atom. The minimum absolute atomic E-state index is 0.324. The maximum absolute atomic E-state index is 13.0. The molecule has 0 aromatic heterocycles. The van der Waals surface area contributed by atoms with Gasteiger partial charge < -0.3 is 9.29 Å². The molecular weight excluding hydrogens is 647 g/mol. The van der Waals surface area contributed by atoms with Gasteiger partial charge in [-0.2, -0.15) is 74.6 Å². The first-order valence-corrected chi connectivity index (χ1v) is 12.3. The molecule has 0 amide bonds. The van der Waals surface area contributed by atoms with Gasteiger partial charge in [0.1, 0.15) is 11.5 Å². The fourth-order valence-corrected chi connectivity index (χ4v) is 4.51. The van der Waals surface area contributed by atoms with E-state index in [2.05, 4.69) is 0 Å². The predicted octanol–water partition coefficient (Wildman–Crippen LogP) is 4.72. The van der Waals surface area contributed by atoms with E-state index in [0.717, 1.165) is 30.5 Å². The number of alkyl halides is 17. The Kier molecular flexibility index (Phi) is 10.8. The third-order valence-corrected chi connectivity index (χ3v) is 7.63. The third-order valence-electron chi connectivity index (χ3n) is 4.45. The molecule has 0 unspecified atom stereocenters. The van der Waals surface area contributed by atoms with Crippen LogP contribution in [0.25, 0.3) is 0 Å². The molecule has 0 atom stereocenters. The molecule has 1 saturated heterocycles. The van der Waals surface area contributed by atoms with Crippen LogP contribution in [-0.4, -0.2) is 96.2 Å². The van der Waals surface area contributed by atoms with Crippen LogP contribution in [-0.2, 0) is 30.5 Å². The maximum atomic E-state index is 13.0. The van der Waals surface area contributed by atoms with Gasteiger partial charge in [-0.25, -0.2) is 8.42 Å². The highest BCUT2D eigenvalue weighted by Gasteiger charge is 2.95. The van der Waals surface area contributed by atoms with Gasteiger partial charge in [-0.3, -0.25) is 4.79 Å². The van der Waals surface area contributed by atoms with Crippen molar-refractivity contribution in [2.24, 2.45) is 0 Å². The quantitative estimate of drug-likeness (QED) is 0.203. The van der Waals surface area contributed by atoms with Crippen molar-refractivity contribution in [3.63, 3.8) is 0 Å². The van der Waals surface area contributed by atoms with Crippen molar-refractivity contribution < 1.29 is 97.1 Å². The second-order valence-corrected chi connectivity index (χ2v) is 11.1. The van der Waals surface area contributed by atoms with Crippen LogP contribution in [0, 0.1) is 0 Å². The summed E-state index contributed by atoms with van der Waals surface area (Å²) in [6.07, 6.45) is -7.89. The van der Waals surface area contributed by atoms with Crippen LogP contribution < -0.4 is 0 Å². The number of ketones is 1. The van der Waals surface area contributed by atoms with Crippen molar-refractivity contribution in [2.75, 3.05) is 30.5 Å². The summed E-state index contributed by atoms with van der Waals surface area (Å²) in [7, 11) is -7.79. The Morgan fingerprint density at radius 2 is 0.974 bits per heavy atom. The SMILES string of the molecule is CC(=O)C[S+]1CCOCC1.O=S(=O)([O-])C(F)(F)C(F)(F)C(F)(F)C(F)(F)C(F)(F)C(F)(F)C(F)(F)C(F)(F)F. The van der Waals surface area contributed by atoms with Gasteiger partial charge in [0.25, 0.3) is 0 Å². The second-order valence-electron chi connectivity index (χ2n) is 7.39. The highest BCUT2D eigenvalue weighted by Crippen LogP contribution is 2.64. The number of Topliss-reactive ketones (excluding diaryl/α,β-unsaturated/α-hetero) is 1. The maximum Gasteiger partial charge on any atom is 0.460 e. The largest absolute Gasteiger partial charge is 0.743 e. The van der Waals surface area contributed by atoms with Crippen molar-refractivity contribution >= 4 is 26.8 Å². The molecule has 1 rings (SSSR count). The zero-order valence-corrected chi connectivity index (χ0v) is 20.0. The lowest BCUT2D eigenvalue weighted by Gasteiger charge is -2.42. The number of ether oxygens (including phenoxy) is 1. The molecule has 1 heterocycles. The van der Waals surface area contributed by atoms with Crippen molar-refractivity contribution in [1.82, 2.24) is 0 Å². The molecule has 1 aliphatic heterocycles. The first kappa shape index (κ1) is 37.7. The first-order chi connectivity index (χ1) is 16.8. The fourth-order valence-electron chi connectivity index (χ4n) is 2.30. The molecular formula is C15H13F17O5S2. The van der Waals surface area contributed by atoms with Crippen LogP contribution in [0.5, 0.6) is 0 Å². The summed E-state index contributed by atoms with van der Waals surface area (Å²) in [5.74, 6) is -48.8. The highest BCUT2D eigenvalue weighted by molar-refractivity contribution is 7.97. The average Bonchev–Trinajstić information content (AvgIpc) is 2.72. The van der Waals surface area contributed by atoms with Crippen molar-refractivity contribution in [3.8, 4) is 0 Å². The Hall–Kier alpha value is -1.30. The minimum Gasteiger partial charge on any atom is -0.743 e. The number of carbonyl (C=O) groups is 1. The topological polar surface area (TPSA) is 83.5 Å². The molecule has 0 spiro atoms. The first-order valence-electron chi connectivity index (χ1n) is 9.17. The highest BCUT2D eigenvalue weighted by atomic mass is 32.2. The van der Waals surface area contributed by atoms with Gasteiger partial charge in [0.2, 0.25) is 0 Å². The number of hydrogen-bond donors (Lipinski definition) is 0. The zero-order chi connectivity index (χ0) is 31.9. The van der Waals surface area contributed by atoms with E-state index >= 15 is 0 Å². The Labute approximate surface area is 209 Å². The standard InChI is InChI=1S/C8HF17O3S.C7H13O2S/c9-1(10,3(13,14)5(17,18)7(21,22)23)2(11,12)4(15,16)6(19,20)8(24,25)29(26,27)28;1-7(8)6-10-4-2-9-3-5-10/h(H,26,27,28);2-6H2,1H3/q;+1/p-1. The number of rotatable bonds is 9. The van der Waals surface area contributed by atoms with E-state index in [1.165, 1.54) is 0 Å². The lowest BCUT2D eigenvalue weighted by molar-refractivity contribution is -0.458. The summed E-state index contributed by atoms with van der Waals surface area (Å²) in [6, 6.07) is 0. The monoisotopic (exact) mass is 660 g/mol. The Balaban J connectivity index is 0.00000120. The molecule has 0 aliphatic carbocycles. The van der Waals surface area contributed by atoms with E-state index in [9.17, 15) is 92.4 Å². The number of hydrogen-bond acceptors (Lipinski definition) is 5. The number of halogens is 17. The fraction of sp³-hybridized carbons (Fsp3) is 0.933. The summed E-state index contributed by atoms with van der Waals surface area (Å²) >= 11 is 0. The normalized spacial score (nSPS) is 17.9. The number of carbonyl (C=O) groups excluding carboxylic acids is 1. The summed E-state index contributed by atoms with van der Waals surface area (Å²) in [6.45, 7) is 3.38. The molecule has 234 valence electrons. The lowest BCUT2D eigenvalue weighted by Crippen LogP contribution is -2.75. The van der Waals surface area contributed by atoms with Gasteiger partial charge in [-0.05, 0) is 17.8 Å².